The summed E-state index contributed by atoms with van der Waals surface area (Å²) in [6.07, 6.45) is 3.29. The molecule has 0 aliphatic carbocycles. The second-order valence-corrected chi connectivity index (χ2v) is 11.6. The molecule has 8 nitrogen and oxygen atoms in total. The summed E-state index contributed by atoms with van der Waals surface area (Å²) in [6, 6.07) is 8.11. The number of halogens is 2. The van der Waals surface area contributed by atoms with Crippen LogP contribution in [0.1, 0.15) is 44.9 Å². The fraction of sp³-hybridized carbons (Fsp3) is 0.300. The molecular weight excluding hydrogens is 632 g/mol. The third-order valence-corrected chi connectivity index (χ3v) is 7.90. The van der Waals surface area contributed by atoms with Crippen LogP contribution in [0.15, 0.2) is 68.5 Å². The van der Waals surface area contributed by atoms with Crippen LogP contribution in [0.4, 0.5) is 0 Å². The minimum atomic E-state index is -0.792. The van der Waals surface area contributed by atoms with E-state index in [1.807, 2.05) is 26.0 Å². The Labute approximate surface area is 255 Å². The van der Waals surface area contributed by atoms with Crippen molar-refractivity contribution in [1.29, 1.82) is 0 Å². The van der Waals surface area contributed by atoms with E-state index >= 15 is 0 Å². The van der Waals surface area contributed by atoms with E-state index in [2.05, 4.69) is 27.5 Å². The molecule has 1 aliphatic rings. The van der Waals surface area contributed by atoms with Gasteiger partial charge in [0.15, 0.2) is 22.0 Å². The first-order valence-corrected chi connectivity index (χ1v) is 14.8. The highest BCUT2D eigenvalue weighted by Gasteiger charge is 2.34. The number of carbonyl (C=O) groups excluding carboxylic acids is 1. The summed E-state index contributed by atoms with van der Waals surface area (Å²) >= 11 is 11.2. The SMILES string of the molecule is C=CCOc1c(Cl)cc(/C=c2\sc3n(c2=O)[C@@H](c2ccc(OC(C)C)c(OC)c2)C(C(=O)OCC)=C(C)N=3)cc1Br. The number of aromatic nitrogens is 1. The van der Waals surface area contributed by atoms with Gasteiger partial charge in [0.1, 0.15) is 6.61 Å². The zero-order chi connectivity index (χ0) is 29.8. The van der Waals surface area contributed by atoms with Gasteiger partial charge < -0.3 is 18.9 Å². The third-order valence-electron chi connectivity index (χ3n) is 6.05. The maximum Gasteiger partial charge on any atom is 0.338 e. The molecule has 0 N–H and O–H groups in total. The van der Waals surface area contributed by atoms with Crippen LogP contribution in [0, 0.1) is 0 Å². The van der Waals surface area contributed by atoms with Gasteiger partial charge in [-0.05, 0) is 85.1 Å². The van der Waals surface area contributed by atoms with Crippen molar-refractivity contribution in [1.82, 2.24) is 4.57 Å². The number of rotatable bonds is 10. The van der Waals surface area contributed by atoms with Crippen LogP contribution < -0.4 is 29.1 Å². The number of benzene rings is 2. The molecule has 4 rings (SSSR count). The van der Waals surface area contributed by atoms with Gasteiger partial charge in [0, 0.05) is 0 Å². The van der Waals surface area contributed by atoms with Gasteiger partial charge in [0.2, 0.25) is 0 Å². The predicted molar refractivity (Wildman–Crippen MR) is 164 cm³/mol. The lowest BCUT2D eigenvalue weighted by Gasteiger charge is -2.25. The molecule has 0 unspecified atom stereocenters. The van der Waals surface area contributed by atoms with Crippen LogP contribution >= 0.6 is 38.9 Å². The average molecular weight is 662 g/mol. The smallest absolute Gasteiger partial charge is 0.338 e. The number of fused-ring (bicyclic) bond motifs is 1. The first-order valence-electron chi connectivity index (χ1n) is 12.9. The van der Waals surface area contributed by atoms with Crippen molar-refractivity contribution in [3.63, 3.8) is 0 Å². The lowest BCUT2D eigenvalue weighted by atomic mass is 9.95. The number of hydrogen-bond acceptors (Lipinski definition) is 8. The van der Waals surface area contributed by atoms with Gasteiger partial charge in [0.05, 0.1) is 51.2 Å². The predicted octanol–water partition coefficient (Wildman–Crippen LogP) is 5.57. The van der Waals surface area contributed by atoms with Crippen LogP contribution in [-0.4, -0.2) is 37.0 Å². The fourth-order valence-electron chi connectivity index (χ4n) is 4.41. The third kappa shape index (κ3) is 6.45. The number of thiazole rings is 1. The summed E-state index contributed by atoms with van der Waals surface area (Å²) < 4.78 is 25.1. The highest BCUT2D eigenvalue weighted by molar-refractivity contribution is 9.10. The Morgan fingerprint density at radius 3 is 2.66 bits per heavy atom. The Kier molecular flexibility index (Phi) is 9.78. The monoisotopic (exact) mass is 660 g/mol. The minimum Gasteiger partial charge on any atom is -0.493 e. The molecule has 3 aromatic rings. The van der Waals surface area contributed by atoms with E-state index < -0.39 is 12.0 Å². The first-order chi connectivity index (χ1) is 19.6. The Bertz CT molecular complexity index is 1690. The lowest BCUT2D eigenvalue weighted by Crippen LogP contribution is -2.40. The Balaban J connectivity index is 1.91. The molecule has 0 fully saturated rings. The van der Waals surface area contributed by atoms with Crippen molar-refractivity contribution in [2.45, 2.75) is 39.8 Å². The second-order valence-electron chi connectivity index (χ2n) is 9.29. The Hall–Kier alpha value is -3.34. The topological polar surface area (TPSA) is 88.3 Å². The number of carbonyl (C=O) groups is 1. The summed E-state index contributed by atoms with van der Waals surface area (Å²) in [5.74, 6) is 0.980. The largest absolute Gasteiger partial charge is 0.493 e. The van der Waals surface area contributed by atoms with Crippen molar-refractivity contribution in [3.05, 3.63) is 94.6 Å². The molecule has 41 heavy (non-hydrogen) atoms. The highest BCUT2D eigenvalue weighted by atomic mass is 79.9. The summed E-state index contributed by atoms with van der Waals surface area (Å²) in [7, 11) is 1.54. The van der Waals surface area contributed by atoms with Crippen molar-refractivity contribution < 1.29 is 23.7 Å². The van der Waals surface area contributed by atoms with Gasteiger partial charge >= 0.3 is 5.97 Å². The van der Waals surface area contributed by atoms with E-state index in [4.69, 9.17) is 30.5 Å². The lowest BCUT2D eigenvalue weighted by molar-refractivity contribution is -0.139. The number of methoxy groups -OCH3 is 1. The molecule has 0 radical (unpaired) electrons. The zero-order valence-corrected chi connectivity index (χ0v) is 26.5. The number of ether oxygens (including phenoxy) is 4. The molecule has 0 spiro atoms. The number of nitrogens with zero attached hydrogens (tertiary/aromatic N) is 2. The molecule has 0 saturated carbocycles. The molecule has 1 aromatic heterocycles. The first kappa shape index (κ1) is 30.6. The molecule has 2 aromatic carbocycles. The van der Waals surface area contributed by atoms with Gasteiger partial charge in [-0.15, -0.1) is 0 Å². The number of allylic oxidation sites excluding steroid dienone is 1. The summed E-state index contributed by atoms with van der Waals surface area (Å²) in [5, 5.41) is 0.384. The van der Waals surface area contributed by atoms with E-state index in [0.717, 1.165) is 0 Å². The molecule has 11 heteroatoms. The van der Waals surface area contributed by atoms with Crippen LogP contribution in [0.2, 0.25) is 5.02 Å². The van der Waals surface area contributed by atoms with E-state index in [-0.39, 0.29) is 23.8 Å². The molecule has 1 atom stereocenters. The Morgan fingerprint density at radius 2 is 2.02 bits per heavy atom. The highest BCUT2D eigenvalue weighted by Crippen LogP contribution is 2.37. The van der Waals surface area contributed by atoms with Gasteiger partial charge in [-0.3, -0.25) is 9.36 Å². The zero-order valence-electron chi connectivity index (χ0n) is 23.3. The van der Waals surface area contributed by atoms with Crippen LogP contribution in [0.5, 0.6) is 17.2 Å². The van der Waals surface area contributed by atoms with E-state index in [1.54, 1.807) is 51.3 Å². The molecule has 1 aliphatic heterocycles. The summed E-state index contributed by atoms with van der Waals surface area (Å²) in [6.45, 7) is 11.4. The molecule has 0 bridgehead atoms. The fourth-order valence-corrected chi connectivity index (χ4v) is 6.44. The summed E-state index contributed by atoms with van der Waals surface area (Å²) in [5.41, 5.74) is 1.77. The molecule has 216 valence electrons. The molecule has 2 heterocycles. The van der Waals surface area contributed by atoms with Crippen molar-refractivity contribution in [2.75, 3.05) is 20.3 Å². The van der Waals surface area contributed by atoms with E-state index in [1.165, 1.54) is 15.9 Å². The van der Waals surface area contributed by atoms with E-state index in [9.17, 15) is 9.59 Å². The minimum absolute atomic E-state index is 0.0687. The number of esters is 1. The van der Waals surface area contributed by atoms with E-state index in [0.29, 0.717) is 59.5 Å². The maximum atomic E-state index is 14.0. The van der Waals surface area contributed by atoms with Gasteiger partial charge in [0.25, 0.3) is 5.56 Å². The number of hydrogen-bond donors (Lipinski definition) is 0. The molecule has 0 amide bonds. The maximum absolute atomic E-state index is 14.0. The van der Waals surface area contributed by atoms with Crippen molar-refractivity contribution >= 4 is 50.9 Å². The van der Waals surface area contributed by atoms with Crippen LogP contribution in [0.25, 0.3) is 6.08 Å². The molecule has 0 saturated heterocycles. The summed E-state index contributed by atoms with van der Waals surface area (Å²) in [4.78, 5) is 32.2. The normalized spacial score (nSPS) is 14.9. The molecular formula is C30H30BrClN2O6S. The van der Waals surface area contributed by atoms with Crippen molar-refractivity contribution in [2.24, 2.45) is 4.99 Å². The van der Waals surface area contributed by atoms with Crippen LogP contribution in [0.3, 0.4) is 0 Å². The van der Waals surface area contributed by atoms with Crippen molar-refractivity contribution in [3.8, 4) is 17.2 Å². The van der Waals surface area contributed by atoms with Gasteiger partial charge in [-0.2, -0.15) is 0 Å². The van der Waals surface area contributed by atoms with Gasteiger partial charge in [-0.1, -0.05) is 41.7 Å². The Morgan fingerprint density at radius 1 is 1.27 bits per heavy atom. The van der Waals surface area contributed by atoms with Crippen LogP contribution in [-0.2, 0) is 9.53 Å². The standard InChI is InChI=1S/C30H30BrClN2O6S/c1-7-11-39-27-20(31)12-18(13-21(27)32)14-24-28(35)34-26(19-9-10-22(40-16(3)4)23(15-19)37-6)25(29(36)38-8-2)17(5)33-30(34)41-24/h7,9-10,12-16,26H,1,8,11H2,2-6H3/b24-14-/t26-/m0/s1. The quantitative estimate of drug-likeness (QED) is 0.209. The average Bonchev–Trinajstić information content (AvgIpc) is 3.21. The van der Waals surface area contributed by atoms with Gasteiger partial charge in [-0.25, -0.2) is 9.79 Å². The second kappa shape index (κ2) is 13.1.